The van der Waals surface area contributed by atoms with E-state index in [9.17, 15) is 8.78 Å². The highest BCUT2D eigenvalue weighted by atomic mass is 19.3. The number of rotatable bonds is 8. The van der Waals surface area contributed by atoms with Crippen molar-refractivity contribution in [1.82, 2.24) is 0 Å². The summed E-state index contributed by atoms with van der Waals surface area (Å²) >= 11 is 0. The molecule has 0 bridgehead atoms. The SMILES string of the molecule is C/C=C/C1CCC(C2CCC(CCC3CCC(CCC=C(F)F)CC3)CO2)CC1. The summed E-state index contributed by atoms with van der Waals surface area (Å²) in [6, 6.07) is 0. The molecule has 3 heteroatoms. The molecule has 2 unspecified atom stereocenters. The van der Waals surface area contributed by atoms with Crippen molar-refractivity contribution in [3.05, 3.63) is 24.3 Å². The van der Waals surface area contributed by atoms with Crippen molar-refractivity contribution in [3.8, 4) is 0 Å². The normalized spacial score (nSPS) is 36.2. The van der Waals surface area contributed by atoms with Crippen molar-refractivity contribution in [3.63, 3.8) is 0 Å². The molecule has 1 saturated heterocycles. The Morgan fingerprint density at radius 3 is 2.00 bits per heavy atom. The Morgan fingerprint density at radius 2 is 1.41 bits per heavy atom. The second kappa shape index (κ2) is 12.2. The van der Waals surface area contributed by atoms with Gasteiger partial charge < -0.3 is 4.74 Å². The van der Waals surface area contributed by atoms with E-state index in [1.807, 2.05) is 0 Å². The summed E-state index contributed by atoms with van der Waals surface area (Å²) in [6.07, 6.45) is 22.0. The van der Waals surface area contributed by atoms with E-state index in [2.05, 4.69) is 19.1 Å². The predicted molar refractivity (Wildman–Crippen MR) is 117 cm³/mol. The van der Waals surface area contributed by atoms with E-state index in [1.54, 1.807) is 0 Å². The molecule has 2 saturated carbocycles. The molecule has 0 spiro atoms. The largest absolute Gasteiger partial charge is 0.378 e. The zero-order chi connectivity index (χ0) is 20.5. The molecule has 1 nitrogen and oxygen atoms in total. The Morgan fingerprint density at radius 1 is 0.793 bits per heavy atom. The fraction of sp³-hybridized carbons (Fsp3) is 0.846. The number of ether oxygens (including phenoxy) is 1. The van der Waals surface area contributed by atoms with Crippen LogP contribution in [0.5, 0.6) is 0 Å². The molecule has 3 rings (SSSR count). The third kappa shape index (κ3) is 7.81. The van der Waals surface area contributed by atoms with Crippen LogP contribution >= 0.6 is 0 Å². The van der Waals surface area contributed by atoms with Crippen LogP contribution in [0.2, 0.25) is 0 Å². The van der Waals surface area contributed by atoms with Gasteiger partial charge in [0.25, 0.3) is 6.08 Å². The summed E-state index contributed by atoms with van der Waals surface area (Å²) in [7, 11) is 0. The third-order valence-electron chi connectivity index (χ3n) is 8.04. The molecule has 166 valence electrons. The first-order valence-corrected chi connectivity index (χ1v) is 12.4. The summed E-state index contributed by atoms with van der Waals surface area (Å²) in [6.45, 7) is 3.12. The van der Waals surface area contributed by atoms with Gasteiger partial charge in [0, 0.05) is 6.61 Å². The molecular weight excluding hydrogens is 366 g/mol. The van der Waals surface area contributed by atoms with Gasteiger partial charge >= 0.3 is 0 Å². The molecule has 0 aromatic carbocycles. The van der Waals surface area contributed by atoms with Gasteiger partial charge in [-0.25, -0.2) is 0 Å². The lowest BCUT2D eigenvalue weighted by atomic mass is 9.75. The van der Waals surface area contributed by atoms with Crippen molar-refractivity contribution in [2.45, 2.75) is 103 Å². The van der Waals surface area contributed by atoms with Gasteiger partial charge in [-0.3, -0.25) is 0 Å². The second-order valence-corrected chi connectivity index (χ2v) is 10.1. The summed E-state index contributed by atoms with van der Waals surface area (Å²) < 4.78 is 30.7. The zero-order valence-electron chi connectivity index (χ0n) is 18.5. The van der Waals surface area contributed by atoms with Gasteiger partial charge in [0.2, 0.25) is 0 Å². The first-order valence-electron chi connectivity index (χ1n) is 12.4. The van der Waals surface area contributed by atoms with E-state index in [-0.39, 0.29) is 0 Å². The van der Waals surface area contributed by atoms with Crippen LogP contribution in [0.25, 0.3) is 0 Å². The quantitative estimate of drug-likeness (QED) is 0.367. The summed E-state index contributed by atoms with van der Waals surface area (Å²) in [4.78, 5) is 0. The van der Waals surface area contributed by atoms with Crippen LogP contribution in [0.15, 0.2) is 24.3 Å². The number of hydrogen-bond donors (Lipinski definition) is 0. The van der Waals surface area contributed by atoms with E-state index < -0.39 is 6.08 Å². The first kappa shape index (κ1) is 23.0. The number of halogens is 2. The van der Waals surface area contributed by atoms with Crippen LogP contribution in [0.4, 0.5) is 8.78 Å². The van der Waals surface area contributed by atoms with Crippen molar-refractivity contribution < 1.29 is 13.5 Å². The Balaban J connectivity index is 1.26. The molecule has 29 heavy (non-hydrogen) atoms. The van der Waals surface area contributed by atoms with E-state index in [1.165, 1.54) is 77.0 Å². The predicted octanol–water partition coefficient (Wildman–Crippen LogP) is 8.31. The third-order valence-corrected chi connectivity index (χ3v) is 8.04. The highest BCUT2D eigenvalue weighted by Crippen LogP contribution is 2.39. The highest BCUT2D eigenvalue weighted by Gasteiger charge is 2.31. The van der Waals surface area contributed by atoms with Crippen molar-refractivity contribution in [1.29, 1.82) is 0 Å². The lowest BCUT2D eigenvalue weighted by Crippen LogP contribution is -2.34. The topological polar surface area (TPSA) is 9.23 Å². The first-order chi connectivity index (χ1) is 14.1. The maximum absolute atomic E-state index is 12.2. The van der Waals surface area contributed by atoms with Crippen LogP contribution < -0.4 is 0 Å². The summed E-state index contributed by atoms with van der Waals surface area (Å²) in [5, 5.41) is 0. The number of hydrogen-bond acceptors (Lipinski definition) is 1. The molecule has 3 fully saturated rings. The summed E-state index contributed by atoms with van der Waals surface area (Å²) in [5.41, 5.74) is 0. The monoisotopic (exact) mass is 408 g/mol. The van der Waals surface area contributed by atoms with E-state index in [0.29, 0.717) is 18.4 Å². The minimum absolute atomic E-state index is 0.524. The van der Waals surface area contributed by atoms with Crippen molar-refractivity contribution in [2.75, 3.05) is 6.61 Å². The maximum Gasteiger partial charge on any atom is 0.266 e. The van der Waals surface area contributed by atoms with Gasteiger partial charge in [0.1, 0.15) is 0 Å². The molecule has 0 aromatic heterocycles. The Kier molecular flexibility index (Phi) is 9.69. The molecule has 3 aliphatic rings. The van der Waals surface area contributed by atoms with Crippen LogP contribution in [-0.4, -0.2) is 12.7 Å². The average Bonchev–Trinajstić information content (AvgIpc) is 2.74. The average molecular weight is 409 g/mol. The number of allylic oxidation sites excluding steroid dienone is 3. The lowest BCUT2D eigenvalue weighted by Gasteiger charge is -2.38. The van der Waals surface area contributed by atoms with Crippen LogP contribution in [-0.2, 0) is 4.74 Å². The van der Waals surface area contributed by atoms with Gasteiger partial charge in [-0.1, -0.05) is 44.3 Å². The lowest BCUT2D eigenvalue weighted by molar-refractivity contribution is -0.0593. The van der Waals surface area contributed by atoms with Crippen LogP contribution in [0, 0.1) is 29.6 Å². The standard InChI is InChI=1S/C26H42F2O/c1-2-4-20-13-16-24(17-14-20)25-18-15-23(19-29-25)12-11-22-9-7-21(8-10-22)5-3-6-26(27)28/h2,4,6,20-25H,3,5,7-19H2,1H3/b4-2+. The molecule has 0 N–H and O–H groups in total. The molecule has 2 atom stereocenters. The maximum atomic E-state index is 12.2. The smallest absolute Gasteiger partial charge is 0.266 e. The van der Waals surface area contributed by atoms with E-state index in [4.69, 9.17) is 4.74 Å². The van der Waals surface area contributed by atoms with Gasteiger partial charge in [-0.2, -0.15) is 8.78 Å². The minimum Gasteiger partial charge on any atom is -0.378 e. The molecule has 0 aromatic rings. The van der Waals surface area contributed by atoms with Gasteiger partial charge in [-0.15, -0.1) is 0 Å². The fourth-order valence-electron chi connectivity index (χ4n) is 6.12. The van der Waals surface area contributed by atoms with Crippen molar-refractivity contribution >= 4 is 0 Å². The molecule has 0 amide bonds. The van der Waals surface area contributed by atoms with Crippen molar-refractivity contribution in [2.24, 2.45) is 29.6 Å². The van der Waals surface area contributed by atoms with Gasteiger partial charge in [0.05, 0.1) is 6.10 Å². The highest BCUT2D eigenvalue weighted by molar-refractivity contribution is 4.91. The minimum atomic E-state index is -1.52. The summed E-state index contributed by atoms with van der Waals surface area (Å²) in [5.74, 6) is 3.90. The second-order valence-electron chi connectivity index (χ2n) is 10.1. The van der Waals surface area contributed by atoms with E-state index >= 15 is 0 Å². The molecule has 2 aliphatic carbocycles. The zero-order valence-corrected chi connectivity index (χ0v) is 18.5. The van der Waals surface area contributed by atoms with Gasteiger partial charge in [-0.05, 0) is 100 Å². The van der Waals surface area contributed by atoms with Crippen LogP contribution in [0.3, 0.4) is 0 Å². The Labute approximate surface area is 177 Å². The van der Waals surface area contributed by atoms with Crippen LogP contribution in [0.1, 0.15) is 96.8 Å². The van der Waals surface area contributed by atoms with E-state index in [0.717, 1.165) is 42.8 Å². The van der Waals surface area contributed by atoms with Gasteiger partial charge in [0.15, 0.2) is 0 Å². The molecule has 0 radical (unpaired) electrons. The Hall–Kier alpha value is -0.700. The molecular formula is C26H42F2O. The fourth-order valence-corrected chi connectivity index (χ4v) is 6.12. The Bertz CT molecular complexity index is 501. The molecule has 1 heterocycles. The molecule has 1 aliphatic heterocycles.